The van der Waals surface area contributed by atoms with E-state index in [2.05, 4.69) is 0 Å². The number of Topliss-reactive ketones (excluding diaryl/α,β-unsaturated/α-hetero) is 2. The van der Waals surface area contributed by atoms with Crippen LogP contribution in [0.1, 0.15) is 16.8 Å². The fraction of sp³-hybridized carbons (Fsp3) is 0.385. The van der Waals surface area contributed by atoms with Crippen molar-refractivity contribution in [1.82, 2.24) is 0 Å². The zero-order chi connectivity index (χ0) is 16.0. The Balaban J connectivity index is 2.85. The van der Waals surface area contributed by atoms with Crippen molar-refractivity contribution in [2.45, 2.75) is 6.42 Å². The van der Waals surface area contributed by atoms with E-state index in [0.29, 0.717) is 0 Å². The van der Waals surface area contributed by atoms with Crippen molar-refractivity contribution in [1.29, 1.82) is 0 Å². The molecule has 1 aromatic rings. The third-order valence-electron chi connectivity index (χ3n) is 3.08. The Bertz CT molecular complexity index is 533. The molecule has 0 bridgehead atoms. The Hall–Kier alpha value is -2.25. The van der Waals surface area contributed by atoms with E-state index in [1.165, 1.54) is 0 Å². The van der Waals surface area contributed by atoms with Crippen molar-refractivity contribution in [2.75, 3.05) is 20.0 Å². The van der Waals surface area contributed by atoms with Crippen LogP contribution < -0.4 is 0 Å². The number of hydrogen-bond acceptors (Lipinski definition) is 4. The van der Waals surface area contributed by atoms with Gasteiger partial charge in [-0.15, -0.1) is 0 Å². The number of benzene rings is 1. The van der Waals surface area contributed by atoms with Crippen LogP contribution in [-0.2, 0) is 4.79 Å². The number of nitrogens with zero attached hydrogens (tertiary/aromatic N) is 1. The lowest BCUT2D eigenvalue weighted by Gasteiger charge is -2.21. The lowest BCUT2D eigenvalue weighted by molar-refractivity contribution is -0.384. The smallest absolute Gasteiger partial charge is 0.269 e. The summed E-state index contributed by atoms with van der Waals surface area (Å²) in [7, 11) is 0. The Morgan fingerprint density at radius 3 is 1.90 bits per heavy atom. The van der Waals surface area contributed by atoms with Gasteiger partial charge in [0.2, 0.25) is 0 Å². The number of alkyl halides is 3. The molecule has 0 aliphatic rings. The molecule has 0 spiro atoms. The maximum absolute atomic E-state index is 12.7. The molecule has 1 rings (SSSR count). The number of rotatable bonds is 8. The van der Waals surface area contributed by atoms with Gasteiger partial charge < -0.3 is 0 Å². The highest BCUT2D eigenvalue weighted by molar-refractivity contribution is 6.09. The van der Waals surface area contributed by atoms with E-state index in [-0.39, 0.29) is 11.3 Å². The van der Waals surface area contributed by atoms with Crippen LogP contribution in [0, 0.1) is 15.5 Å². The summed E-state index contributed by atoms with van der Waals surface area (Å²) in [4.78, 5) is 33.2. The number of nitro benzene ring substituents is 1. The molecule has 0 saturated heterocycles. The Kier molecular flexibility index (Phi) is 5.57. The number of ketones is 2. The van der Waals surface area contributed by atoms with Gasteiger partial charge >= 0.3 is 0 Å². The molecule has 0 aromatic heterocycles. The standard InChI is InChI=1S/C13H12F3NO4/c14-6-13(7-15,8-16)12(19)5-11(18)9-1-3-10(4-2-9)17(20)21/h1-4H,5-8H2. The number of hydrogen-bond donors (Lipinski definition) is 0. The molecule has 0 radical (unpaired) electrons. The summed E-state index contributed by atoms with van der Waals surface area (Å²) in [5.74, 6) is -1.95. The van der Waals surface area contributed by atoms with Gasteiger partial charge in [0.15, 0.2) is 11.6 Å². The molecule has 8 heteroatoms. The monoisotopic (exact) mass is 303 g/mol. The van der Waals surface area contributed by atoms with E-state index < -0.39 is 48.3 Å². The average Bonchev–Trinajstić information content (AvgIpc) is 2.49. The molecule has 0 atom stereocenters. The first-order valence-electron chi connectivity index (χ1n) is 5.89. The molecule has 0 saturated carbocycles. The first-order chi connectivity index (χ1) is 9.90. The zero-order valence-corrected chi connectivity index (χ0v) is 10.9. The minimum absolute atomic E-state index is 0.0283. The summed E-state index contributed by atoms with van der Waals surface area (Å²) >= 11 is 0. The Morgan fingerprint density at radius 1 is 1.05 bits per heavy atom. The predicted molar refractivity (Wildman–Crippen MR) is 67.4 cm³/mol. The molecule has 21 heavy (non-hydrogen) atoms. The zero-order valence-electron chi connectivity index (χ0n) is 10.9. The number of halogens is 3. The number of non-ortho nitro benzene ring substituents is 1. The van der Waals surface area contributed by atoms with Crippen LogP contribution in [0.25, 0.3) is 0 Å². The molecule has 0 aliphatic carbocycles. The third-order valence-corrected chi connectivity index (χ3v) is 3.08. The first kappa shape index (κ1) is 16.8. The molecule has 0 unspecified atom stereocenters. The minimum atomic E-state index is -2.43. The van der Waals surface area contributed by atoms with Crippen LogP contribution in [0.4, 0.5) is 18.9 Å². The Morgan fingerprint density at radius 2 is 1.52 bits per heavy atom. The van der Waals surface area contributed by atoms with Crippen molar-refractivity contribution < 1.29 is 27.7 Å². The predicted octanol–water partition coefficient (Wildman–Crippen LogP) is 2.63. The summed E-state index contributed by atoms with van der Waals surface area (Å²) in [5, 5.41) is 10.4. The molecule has 0 N–H and O–H groups in total. The quantitative estimate of drug-likeness (QED) is 0.320. The maximum atomic E-state index is 12.7. The van der Waals surface area contributed by atoms with Crippen LogP contribution in [0.5, 0.6) is 0 Å². The van der Waals surface area contributed by atoms with E-state index in [0.717, 1.165) is 24.3 Å². The van der Waals surface area contributed by atoms with Gasteiger partial charge in [-0.2, -0.15) is 0 Å². The Labute approximate surface area is 117 Å². The second-order valence-corrected chi connectivity index (χ2v) is 4.51. The van der Waals surface area contributed by atoms with Crippen LogP contribution in [-0.4, -0.2) is 36.5 Å². The SMILES string of the molecule is O=C(CC(=O)C(CF)(CF)CF)c1ccc([N+](=O)[O-])cc1. The van der Waals surface area contributed by atoms with Gasteiger partial charge in [-0.05, 0) is 12.1 Å². The fourth-order valence-corrected chi connectivity index (χ4v) is 1.54. The maximum Gasteiger partial charge on any atom is 0.269 e. The van der Waals surface area contributed by atoms with Gasteiger partial charge in [0.1, 0.15) is 25.4 Å². The van der Waals surface area contributed by atoms with E-state index in [9.17, 15) is 32.9 Å². The van der Waals surface area contributed by atoms with Gasteiger partial charge in [-0.3, -0.25) is 19.7 Å². The lowest BCUT2D eigenvalue weighted by Crippen LogP contribution is -2.39. The number of nitro groups is 1. The van der Waals surface area contributed by atoms with Crippen molar-refractivity contribution >= 4 is 17.3 Å². The van der Waals surface area contributed by atoms with Crippen LogP contribution in [0.3, 0.4) is 0 Å². The summed E-state index contributed by atoms with van der Waals surface area (Å²) in [5.41, 5.74) is -2.71. The molecule has 0 heterocycles. The lowest BCUT2D eigenvalue weighted by atomic mass is 9.84. The van der Waals surface area contributed by atoms with Crippen molar-refractivity contribution in [2.24, 2.45) is 5.41 Å². The van der Waals surface area contributed by atoms with Gasteiger partial charge in [0, 0.05) is 17.7 Å². The number of carbonyl (C=O) groups excluding carboxylic acids is 2. The van der Waals surface area contributed by atoms with Crippen molar-refractivity contribution in [3.05, 3.63) is 39.9 Å². The molecular weight excluding hydrogens is 291 g/mol. The summed E-state index contributed by atoms with van der Waals surface area (Å²) in [6.07, 6.45) is -0.866. The second kappa shape index (κ2) is 6.96. The van der Waals surface area contributed by atoms with Crippen LogP contribution in [0.2, 0.25) is 0 Å². The van der Waals surface area contributed by atoms with Gasteiger partial charge in [-0.25, -0.2) is 13.2 Å². The molecule has 1 aromatic carbocycles. The molecule has 0 fully saturated rings. The highest BCUT2D eigenvalue weighted by Crippen LogP contribution is 2.24. The van der Waals surface area contributed by atoms with Gasteiger partial charge in [0.05, 0.1) is 11.3 Å². The summed E-state index contributed by atoms with van der Waals surface area (Å²) in [6, 6.07) is 4.36. The second-order valence-electron chi connectivity index (χ2n) is 4.51. The molecule has 0 aliphatic heterocycles. The largest absolute Gasteiger partial charge is 0.298 e. The van der Waals surface area contributed by atoms with E-state index in [1.807, 2.05) is 0 Å². The van der Waals surface area contributed by atoms with Crippen molar-refractivity contribution in [3.63, 3.8) is 0 Å². The van der Waals surface area contributed by atoms with E-state index in [4.69, 9.17) is 0 Å². The molecule has 5 nitrogen and oxygen atoms in total. The molecule has 114 valence electrons. The third kappa shape index (κ3) is 3.65. The van der Waals surface area contributed by atoms with Crippen LogP contribution >= 0.6 is 0 Å². The number of carbonyl (C=O) groups is 2. The summed E-state index contributed by atoms with van der Waals surface area (Å²) in [6.45, 7) is -4.61. The van der Waals surface area contributed by atoms with Crippen molar-refractivity contribution in [3.8, 4) is 0 Å². The summed E-state index contributed by atoms with van der Waals surface area (Å²) < 4.78 is 38.0. The highest BCUT2D eigenvalue weighted by Gasteiger charge is 2.40. The van der Waals surface area contributed by atoms with Gasteiger partial charge in [-0.1, -0.05) is 0 Å². The minimum Gasteiger partial charge on any atom is -0.298 e. The average molecular weight is 303 g/mol. The van der Waals surface area contributed by atoms with Gasteiger partial charge in [0.25, 0.3) is 5.69 Å². The molecule has 0 amide bonds. The van der Waals surface area contributed by atoms with E-state index >= 15 is 0 Å². The van der Waals surface area contributed by atoms with E-state index in [1.54, 1.807) is 0 Å². The topological polar surface area (TPSA) is 77.3 Å². The van der Waals surface area contributed by atoms with Crippen LogP contribution in [0.15, 0.2) is 24.3 Å². The highest BCUT2D eigenvalue weighted by atomic mass is 19.1. The normalized spacial score (nSPS) is 11.2. The molecular formula is C13H12F3NO4. The first-order valence-corrected chi connectivity index (χ1v) is 5.89. The fourth-order valence-electron chi connectivity index (χ4n) is 1.54.